The summed E-state index contributed by atoms with van der Waals surface area (Å²) in [7, 11) is 0. The number of hydrogen-bond donors (Lipinski definition) is 0. The van der Waals surface area contributed by atoms with E-state index in [4.69, 9.17) is 18.9 Å². The maximum Gasteiger partial charge on any atom is 0.122 e. The number of hydrogen-bond acceptors (Lipinski definition) is 4. The minimum Gasteiger partial charge on any atom is -0.488 e. The van der Waals surface area contributed by atoms with Crippen molar-refractivity contribution in [3.63, 3.8) is 0 Å². The molecule has 0 fully saturated rings. The van der Waals surface area contributed by atoms with Gasteiger partial charge in [-0.2, -0.15) is 0 Å². The van der Waals surface area contributed by atoms with E-state index in [0.717, 1.165) is 31.6 Å². The van der Waals surface area contributed by atoms with Crippen LogP contribution in [0.2, 0.25) is 0 Å². The third kappa shape index (κ3) is 9.77. The highest BCUT2D eigenvalue weighted by Crippen LogP contribution is 2.14. The molecule has 0 N–H and O–H groups in total. The molecule has 0 bridgehead atoms. The largest absolute Gasteiger partial charge is 0.488 e. The van der Waals surface area contributed by atoms with Gasteiger partial charge in [0.15, 0.2) is 0 Å². The van der Waals surface area contributed by atoms with Crippen molar-refractivity contribution in [3.8, 4) is 5.75 Å². The van der Waals surface area contributed by atoms with E-state index in [2.05, 4.69) is 6.92 Å². The van der Waals surface area contributed by atoms with Crippen molar-refractivity contribution in [3.05, 3.63) is 30.3 Å². The molecule has 22 heavy (non-hydrogen) atoms. The first kappa shape index (κ1) is 18.9. The van der Waals surface area contributed by atoms with Crippen molar-refractivity contribution < 1.29 is 18.9 Å². The molecular formula is C18H30O4. The number of ether oxygens (including phenoxy) is 4. The molecule has 0 aliphatic heterocycles. The van der Waals surface area contributed by atoms with Crippen LogP contribution in [0, 0.1) is 0 Å². The van der Waals surface area contributed by atoms with E-state index in [9.17, 15) is 0 Å². The molecule has 0 aliphatic rings. The zero-order chi connectivity index (χ0) is 15.9. The van der Waals surface area contributed by atoms with Crippen LogP contribution in [0.4, 0.5) is 0 Å². The molecule has 4 heteroatoms. The van der Waals surface area contributed by atoms with Gasteiger partial charge in [0.25, 0.3) is 0 Å². The van der Waals surface area contributed by atoms with Crippen molar-refractivity contribution in [1.29, 1.82) is 0 Å². The summed E-state index contributed by atoms with van der Waals surface area (Å²) >= 11 is 0. The van der Waals surface area contributed by atoms with Crippen LogP contribution in [-0.4, -0.2) is 45.7 Å². The standard InChI is InChI=1S/C18H30O4/c1-3-5-9-18(22-17-10-7-6-8-11-17)16-21-15-14-20-13-12-19-4-2/h6-8,10-11,18H,3-5,9,12-16H2,1-2H3. The summed E-state index contributed by atoms with van der Waals surface area (Å²) in [4.78, 5) is 0. The number of unbranched alkanes of at least 4 members (excludes halogenated alkanes) is 1. The van der Waals surface area contributed by atoms with E-state index in [0.29, 0.717) is 33.0 Å². The Labute approximate surface area is 134 Å². The van der Waals surface area contributed by atoms with Gasteiger partial charge in [0.05, 0.1) is 33.0 Å². The summed E-state index contributed by atoms with van der Waals surface area (Å²) in [5.74, 6) is 0.903. The fourth-order valence-corrected chi connectivity index (χ4v) is 2.00. The molecule has 1 unspecified atom stereocenters. The Bertz CT molecular complexity index is 342. The zero-order valence-electron chi connectivity index (χ0n) is 14.0. The van der Waals surface area contributed by atoms with Crippen LogP contribution in [0.3, 0.4) is 0 Å². The van der Waals surface area contributed by atoms with Gasteiger partial charge in [-0.05, 0) is 31.9 Å². The maximum atomic E-state index is 5.99. The van der Waals surface area contributed by atoms with Gasteiger partial charge < -0.3 is 18.9 Å². The molecule has 0 heterocycles. The third-order valence-corrected chi connectivity index (χ3v) is 3.18. The Balaban J connectivity index is 2.15. The second-order valence-corrected chi connectivity index (χ2v) is 5.08. The Morgan fingerprint density at radius 1 is 0.864 bits per heavy atom. The number of para-hydroxylation sites is 1. The molecule has 0 amide bonds. The van der Waals surface area contributed by atoms with E-state index in [1.54, 1.807) is 0 Å². The van der Waals surface area contributed by atoms with E-state index < -0.39 is 0 Å². The zero-order valence-corrected chi connectivity index (χ0v) is 14.0. The van der Waals surface area contributed by atoms with Gasteiger partial charge in [0.1, 0.15) is 11.9 Å². The molecule has 0 spiro atoms. The summed E-state index contributed by atoms with van der Waals surface area (Å²) in [5.41, 5.74) is 0. The molecule has 0 saturated carbocycles. The lowest BCUT2D eigenvalue weighted by Gasteiger charge is -2.19. The van der Waals surface area contributed by atoms with Crippen molar-refractivity contribution in [2.45, 2.75) is 39.2 Å². The molecule has 1 aromatic rings. The fraction of sp³-hybridized carbons (Fsp3) is 0.667. The van der Waals surface area contributed by atoms with Crippen molar-refractivity contribution in [1.82, 2.24) is 0 Å². The molecule has 0 radical (unpaired) electrons. The van der Waals surface area contributed by atoms with Gasteiger partial charge in [0.2, 0.25) is 0 Å². The lowest BCUT2D eigenvalue weighted by molar-refractivity contribution is -0.00507. The Morgan fingerprint density at radius 3 is 2.23 bits per heavy atom. The highest BCUT2D eigenvalue weighted by Gasteiger charge is 2.10. The lowest BCUT2D eigenvalue weighted by atomic mass is 10.2. The molecular weight excluding hydrogens is 280 g/mol. The van der Waals surface area contributed by atoms with Crippen LogP contribution >= 0.6 is 0 Å². The second-order valence-electron chi connectivity index (χ2n) is 5.08. The summed E-state index contributed by atoms with van der Waals surface area (Å²) in [6.07, 6.45) is 3.42. The number of benzene rings is 1. The first-order valence-corrected chi connectivity index (χ1v) is 8.31. The Kier molecular flexibility index (Phi) is 11.7. The summed E-state index contributed by atoms with van der Waals surface area (Å²) in [5, 5.41) is 0. The van der Waals surface area contributed by atoms with Crippen LogP contribution in [0.1, 0.15) is 33.1 Å². The molecule has 0 saturated heterocycles. The monoisotopic (exact) mass is 310 g/mol. The van der Waals surface area contributed by atoms with E-state index in [1.165, 1.54) is 0 Å². The molecule has 1 atom stereocenters. The normalized spacial score (nSPS) is 12.3. The molecule has 126 valence electrons. The van der Waals surface area contributed by atoms with Gasteiger partial charge in [0, 0.05) is 6.61 Å². The molecule has 0 aromatic heterocycles. The first-order valence-electron chi connectivity index (χ1n) is 8.31. The Hall–Kier alpha value is -1.10. The van der Waals surface area contributed by atoms with Gasteiger partial charge in [-0.15, -0.1) is 0 Å². The summed E-state index contributed by atoms with van der Waals surface area (Å²) in [6.45, 7) is 7.95. The lowest BCUT2D eigenvalue weighted by Crippen LogP contribution is -2.24. The van der Waals surface area contributed by atoms with Crippen molar-refractivity contribution in [2.75, 3.05) is 39.6 Å². The average molecular weight is 310 g/mol. The maximum absolute atomic E-state index is 5.99. The topological polar surface area (TPSA) is 36.9 Å². The second kappa shape index (κ2) is 13.6. The average Bonchev–Trinajstić information content (AvgIpc) is 2.55. The molecule has 1 rings (SSSR count). The Morgan fingerprint density at radius 2 is 1.55 bits per heavy atom. The van der Waals surface area contributed by atoms with Gasteiger partial charge >= 0.3 is 0 Å². The van der Waals surface area contributed by atoms with Crippen LogP contribution in [-0.2, 0) is 14.2 Å². The number of rotatable bonds is 14. The van der Waals surface area contributed by atoms with E-state index in [-0.39, 0.29) is 6.10 Å². The van der Waals surface area contributed by atoms with Crippen molar-refractivity contribution >= 4 is 0 Å². The highest BCUT2D eigenvalue weighted by atomic mass is 16.6. The third-order valence-electron chi connectivity index (χ3n) is 3.18. The predicted molar refractivity (Wildman–Crippen MR) is 88.5 cm³/mol. The molecule has 0 aliphatic carbocycles. The van der Waals surface area contributed by atoms with Crippen LogP contribution in [0.5, 0.6) is 5.75 Å². The fourth-order valence-electron chi connectivity index (χ4n) is 2.00. The van der Waals surface area contributed by atoms with E-state index >= 15 is 0 Å². The minimum absolute atomic E-state index is 0.103. The molecule has 1 aromatic carbocycles. The minimum atomic E-state index is 0.103. The van der Waals surface area contributed by atoms with Gasteiger partial charge in [-0.1, -0.05) is 31.5 Å². The van der Waals surface area contributed by atoms with Crippen LogP contribution in [0.25, 0.3) is 0 Å². The van der Waals surface area contributed by atoms with Gasteiger partial charge in [-0.3, -0.25) is 0 Å². The predicted octanol–water partition coefficient (Wildman–Crippen LogP) is 3.69. The van der Waals surface area contributed by atoms with E-state index in [1.807, 2.05) is 37.3 Å². The highest BCUT2D eigenvalue weighted by molar-refractivity contribution is 5.21. The van der Waals surface area contributed by atoms with Crippen LogP contribution in [0.15, 0.2) is 30.3 Å². The van der Waals surface area contributed by atoms with Crippen LogP contribution < -0.4 is 4.74 Å². The summed E-state index contributed by atoms with van der Waals surface area (Å²) < 4.78 is 22.3. The smallest absolute Gasteiger partial charge is 0.122 e. The van der Waals surface area contributed by atoms with Gasteiger partial charge in [-0.25, -0.2) is 0 Å². The first-order chi connectivity index (χ1) is 10.9. The summed E-state index contributed by atoms with van der Waals surface area (Å²) in [6, 6.07) is 9.92. The van der Waals surface area contributed by atoms with Crippen molar-refractivity contribution in [2.24, 2.45) is 0 Å². The SMILES string of the molecule is CCCCC(COCCOCCOCC)Oc1ccccc1. The molecule has 4 nitrogen and oxygen atoms in total. The quantitative estimate of drug-likeness (QED) is 0.491.